The number of anilines is 1. The maximum atomic E-state index is 12.8. The number of hydrogen-bond donors (Lipinski definition) is 1. The molecule has 8 heteroatoms. The first kappa shape index (κ1) is 19.1. The lowest BCUT2D eigenvalue weighted by Gasteiger charge is -2.33. The van der Waals surface area contributed by atoms with E-state index in [1.165, 1.54) is 25.9 Å². The van der Waals surface area contributed by atoms with Gasteiger partial charge in [-0.05, 0) is 63.7 Å². The molecule has 0 atom stereocenters. The lowest BCUT2D eigenvalue weighted by atomic mass is 9.85. The molecule has 0 radical (unpaired) electrons. The highest BCUT2D eigenvalue weighted by atomic mass is 16.1. The number of aryl methyl sites for hydroxylation is 1. The Hall–Kier alpha value is -2.87. The second-order valence-electron chi connectivity index (χ2n) is 8.50. The first-order chi connectivity index (χ1) is 14.7. The van der Waals surface area contributed by atoms with Crippen LogP contribution < -0.4 is 5.32 Å². The van der Waals surface area contributed by atoms with Gasteiger partial charge >= 0.3 is 0 Å². The summed E-state index contributed by atoms with van der Waals surface area (Å²) in [4.78, 5) is 24.3. The Morgan fingerprint density at radius 2 is 1.87 bits per heavy atom. The topological polar surface area (TPSA) is 88.8 Å². The Morgan fingerprint density at radius 1 is 1.07 bits per heavy atom. The Bertz CT molecular complexity index is 1050. The molecule has 30 heavy (non-hydrogen) atoms. The molecular weight excluding hydrogens is 378 g/mol. The molecule has 0 unspecified atom stereocenters. The number of carbonyl (C=O) groups is 1. The first-order valence-electron chi connectivity index (χ1n) is 10.8. The summed E-state index contributed by atoms with van der Waals surface area (Å²) in [6.07, 6.45) is 12.1. The first-order valence-corrected chi connectivity index (χ1v) is 10.8. The molecule has 1 saturated heterocycles. The third kappa shape index (κ3) is 3.92. The summed E-state index contributed by atoms with van der Waals surface area (Å²) in [5.41, 5.74) is 2.44. The van der Waals surface area contributed by atoms with Crippen molar-refractivity contribution in [1.82, 2.24) is 29.9 Å². The standard InChI is InChI=1S/C22H27N7O/c1-28-14-20(26-27-28)17-10-16-11-21(24-13-19(16)23-12-17)25-22(30)15-4-6-18(7-5-15)29-8-2-3-9-29/h10-15,18H,2-9H2,1H3,(H,24,25,30)/t15-,18-. The Labute approximate surface area is 175 Å². The van der Waals surface area contributed by atoms with Gasteiger partial charge in [-0.15, -0.1) is 5.10 Å². The van der Waals surface area contributed by atoms with Gasteiger partial charge in [0.15, 0.2) is 0 Å². The molecule has 5 rings (SSSR count). The molecule has 0 aromatic carbocycles. The van der Waals surface area contributed by atoms with Gasteiger partial charge in [-0.25, -0.2) is 4.98 Å². The number of likely N-dealkylation sites (tertiary alicyclic amines) is 1. The maximum absolute atomic E-state index is 12.8. The van der Waals surface area contributed by atoms with E-state index in [1.807, 2.05) is 25.4 Å². The molecule has 1 N–H and O–H groups in total. The van der Waals surface area contributed by atoms with E-state index in [9.17, 15) is 4.79 Å². The van der Waals surface area contributed by atoms with Crippen molar-refractivity contribution in [3.8, 4) is 11.3 Å². The molecule has 2 aliphatic rings. The molecule has 8 nitrogen and oxygen atoms in total. The third-order valence-electron chi connectivity index (χ3n) is 6.44. The summed E-state index contributed by atoms with van der Waals surface area (Å²) in [7, 11) is 1.83. The van der Waals surface area contributed by atoms with E-state index < -0.39 is 0 Å². The molecule has 0 spiro atoms. The van der Waals surface area contributed by atoms with Crippen LogP contribution in [0.2, 0.25) is 0 Å². The molecule has 2 fully saturated rings. The summed E-state index contributed by atoms with van der Waals surface area (Å²) in [5, 5.41) is 12.1. The molecule has 156 valence electrons. The quantitative estimate of drug-likeness (QED) is 0.718. The third-order valence-corrected chi connectivity index (χ3v) is 6.44. The second kappa shape index (κ2) is 8.10. The van der Waals surface area contributed by atoms with Gasteiger partial charge in [-0.1, -0.05) is 5.21 Å². The van der Waals surface area contributed by atoms with Crippen molar-refractivity contribution in [3.63, 3.8) is 0 Å². The van der Waals surface area contributed by atoms with Crippen molar-refractivity contribution >= 4 is 22.6 Å². The van der Waals surface area contributed by atoms with Crippen LogP contribution in [-0.2, 0) is 11.8 Å². The number of carbonyl (C=O) groups excluding carboxylic acids is 1. The number of nitrogens with zero attached hydrogens (tertiary/aromatic N) is 6. The fourth-order valence-corrected chi connectivity index (χ4v) is 4.76. The molecule has 3 aromatic heterocycles. The fourth-order valence-electron chi connectivity index (χ4n) is 4.76. The van der Waals surface area contributed by atoms with Gasteiger partial charge in [-0.3, -0.25) is 14.5 Å². The number of pyridine rings is 2. The predicted molar refractivity (Wildman–Crippen MR) is 115 cm³/mol. The van der Waals surface area contributed by atoms with E-state index in [0.717, 1.165) is 47.8 Å². The number of fused-ring (bicyclic) bond motifs is 1. The van der Waals surface area contributed by atoms with E-state index in [1.54, 1.807) is 17.1 Å². The molecule has 3 aromatic rings. The summed E-state index contributed by atoms with van der Waals surface area (Å²) in [6, 6.07) is 4.56. The smallest absolute Gasteiger partial charge is 0.228 e. The largest absolute Gasteiger partial charge is 0.310 e. The fraction of sp³-hybridized carbons (Fsp3) is 0.500. The molecule has 0 bridgehead atoms. The van der Waals surface area contributed by atoms with Crippen LogP contribution in [0.4, 0.5) is 5.82 Å². The van der Waals surface area contributed by atoms with Crippen LogP contribution in [0.1, 0.15) is 38.5 Å². The maximum Gasteiger partial charge on any atom is 0.228 e. The van der Waals surface area contributed by atoms with Crippen LogP contribution in [0.15, 0.2) is 30.7 Å². The van der Waals surface area contributed by atoms with E-state index >= 15 is 0 Å². The molecule has 1 aliphatic heterocycles. The lowest BCUT2D eigenvalue weighted by molar-refractivity contribution is -0.121. The van der Waals surface area contributed by atoms with Crippen LogP contribution in [0, 0.1) is 5.92 Å². The summed E-state index contributed by atoms with van der Waals surface area (Å²) < 4.78 is 1.66. The second-order valence-corrected chi connectivity index (χ2v) is 8.50. The Balaban J connectivity index is 1.26. The minimum atomic E-state index is 0.0744. The van der Waals surface area contributed by atoms with Gasteiger partial charge in [0.05, 0.1) is 17.9 Å². The predicted octanol–water partition coefficient (Wildman–Crippen LogP) is 3.02. The number of hydrogen-bond acceptors (Lipinski definition) is 6. The van der Waals surface area contributed by atoms with Crippen LogP contribution in [0.25, 0.3) is 22.2 Å². The van der Waals surface area contributed by atoms with Crippen molar-refractivity contribution in [3.05, 3.63) is 30.7 Å². The monoisotopic (exact) mass is 405 g/mol. The number of nitrogens with one attached hydrogen (secondary N) is 1. The van der Waals surface area contributed by atoms with E-state index in [4.69, 9.17) is 0 Å². The van der Waals surface area contributed by atoms with Gasteiger partial charge in [0, 0.05) is 36.2 Å². The van der Waals surface area contributed by atoms with Crippen molar-refractivity contribution in [1.29, 1.82) is 0 Å². The van der Waals surface area contributed by atoms with Gasteiger partial charge in [-0.2, -0.15) is 0 Å². The summed E-state index contributed by atoms with van der Waals surface area (Å²) >= 11 is 0. The van der Waals surface area contributed by atoms with Crippen LogP contribution in [-0.4, -0.2) is 54.9 Å². The lowest BCUT2D eigenvalue weighted by Crippen LogP contribution is -2.38. The van der Waals surface area contributed by atoms with Crippen molar-refractivity contribution in [2.45, 2.75) is 44.6 Å². The zero-order valence-electron chi connectivity index (χ0n) is 17.3. The van der Waals surface area contributed by atoms with Crippen molar-refractivity contribution in [2.24, 2.45) is 13.0 Å². The zero-order chi connectivity index (χ0) is 20.5. The van der Waals surface area contributed by atoms with E-state index in [-0.39, 0.29) is 11.8 Å². The number of aromatic nitrogens is 5. The van der Waals surface area contributed by atoms with Crippen molar-refractivity contribution < 1.29 is 4.79 Å². The molecule has 1 aliphatic carbocycles. The molecule has 1 saturated carbocycles. The highest BCUT2D eigenvalue weighted by Gasteiger charge is 2.30. The Morgan fingerprint density at radius 3 is 2.60 bits per heavy atom. The SMILES string of the molecule is Cn1cc(-c2cnc3cnc(NC(=O)[C@H]4CC[C@H](N5CCCC5)CC4)cc3c2)nn1. The average molecular weight is 406 g/mol. The molecule has 4 heterocycles. The van der Waals surface area contributed by atoms with Gasteiger partial charge in [0.2, 0.25) is 5.91 Å². The average Bonchev–Trinajstić information content (AvgIpc) is 3.45. The van der Waals surface area contributed by atoms with Crippen molar-refractivity contribution in [2.75, 3.05) is 18.4 Å². The van der Waals surface area contributed by atoms with Crippen LogP contribution in [0.5, 0.6) is 0 Å². The highest BCUT2D eigenvalue weighted by molar-refractivity contribution is 5.94. The number of rotatable bonds is 4. The van der Waals surface area contributed by atoms with Crippen LogP contribution >= 0.6 is 0 Å². The minimum Gasteiger partial charge on any atom is -0.310 e. The molecular formula is C22H27N7O. The zero-order valence-corrected chi connectivity index (χ0v) is 17.3. The van der Waals surface area contributed by atoms with Gasteiger partial charge < -0.3 is 10.2 Å². The summed E-state index contributed by atoms with van der Waals surface area (Å²) in [5.74, 6) is 0.734. The highest BCUT2D eigenvalue weighted by Crippen LogP contribution is 2.30. The number of amides is 1. The Kier molecular flexibility index (Phi) is 5.16. The van der Waals surface area contributed by atoms with E-state index in [2.05, 4.69) is 30.5 Å². The molecule has 1 amide bonds. The minimum absolute atomic E-state index is 0.0744. The van der Waals surface area contributed by atoms with Gasteiger partial charge in [0.25, 0.3) is 0 Å². The van der Waals surface area contributed by atoms with Gasteiger partial charge in [0.1, 0.15) is 11.5 Å². The summed E-state index contributed by atoms with van der Waals surface area (Å²) in [6.45, 7) is 2.46. The van der Waals surface area contributed by atoms with Crippen LogP contribution in [0.3, 0.4) is 0 Å². The normalized spacial score (nSPS) is 22.4. The van der Waals surface area contributed by atoms with E-state index in [0.29, 0.717) is 11.9 Å².